The first-order chi connectivity index (χ1) is 12.2. The Hall–Kier alpha value is -3.12. The van der Waals surface area contributed by atoms with Gasteiger partial charge in [0.15, 0.2) is 0 Å². The molecule has 3 aromatic rings. The fourth-order valence-electron chi connectivity index (χ4n) is 2.95. The van der Waals surface area contributed by atoms with Crippen LogP contribution in [0.3, 0.4) is 0 Å². The van der Waals surface area contributed by atoms with Crippen molar-refractivity contribution in [2.75, 3.05) is 6.61 Å². The van der Waals surface area contributed by atoms with Gasteiger partial charge in [-0.05, 0) is 23.8 Å². The number of non-ortho nitro benzene ring substituents is 1. The quantitative estimate of drug-likeness (QED) is 0.413. The number of ether oxygens (including phenoxy) is 1. The maximum absolute atomic E-state index is 10.7. The molecule has 1 aromatic heterocycles. The fourth-order valence-corrected chi connectivity index (χ4v) is 2.95. The molecule has 0 amide bonds. The molecule has 0 aliphatic carbocycles. The summed E-state index contributed by atoms with van der Waals surface area (Å²) >= 11 is 0. The summed E-state index contributed by atoms with van der Waals surface area (Å²) in [5.41, 5.74) is 4.69. The summed E-state index contributed by atoms with van der Waals surface area (Å²) in [6, 6.07) is 14.2. The van der Waals surface area contributed by atoms with Crippen LogP contribution in [0.15, 0.2) is 53.5 Å². The Balaban J connectivity index is 1.78. The lowest BCUT2D eigenvalue weighted by atomic mass is 10.0. The second-order valence-corrected chi connectivity index (χ2v) is 5.81. The zero-order valence-corrected chi connectivity index (χ0v) is 13.4. The highest BCUT2D eigenvalue weighted by Gasteiger charge is 2.17. The van der Waals surface area contributed by atoms with Crippen LogP contribution in [0, 0.1) is 10.1 Å². The van der Waals surface area contributed by atoms with Crippen molar-refractivity contribution in [1.82, 2.24) is 4.98 Å². The van der Waals surface area contributed by atoms with Gasteiger partial charge in [-0.3, -0.25) is 20.1 Å². The summed E-state index contributed by atoms with van der Waals surface area (Å²) in [4.78, 5) is 19.7. The van der Waals surface area contributed by atoms with Crippen LogP contribution in [-0.2, 0) is 17.8 Å². The molecule has 6 heteroatoms. The number of nitro groups is 1. The molecule has 0 spiro atoms. The largest absolute Gasteiger partial charge is 0.376 e. The minimum atomic E-state index is -0.412. The predicted octanol–water partition coefficient (Wildman–Crippen LogP) is 3.97. The van der Waals surface area contributed by atoms with Crippen molar-refractivity contribution in [2.45, 2.75) is 13.0 Å². The van der Waals surface area contributed by atoms with E-state index in [1.54, 1.807) is 18.3 Å². The molecule has 25 heavy (non-hydrogen) atoms. The maximum Gasteiger partial charge on any atom is 0.269 e. The van der Waals surface area contributed by atoms with Crippen molar-refractivity contribution >= 4 is 28.5 Å². The van der Waals surface area contributed by atoms with E-state index in [1.165, 1.54) is 12.1 Å². The smallest absolute Gasteiger partial charge is 0.269 e. The van der Waals surface area contributed by atoms with E-state index in [9.17, 15) is 10.1 Å². The first-order valence-electron chi connectivity index (χ1n) is 7.99. The van der Waals surface area contributed by atoms with Gasteiger partial charge in [0.25, 0.3) is 5.69 Å². The summed E-state index contributed by atoms with van der Waals surface area (Å²) < 4.78 is 5.59. The van der Waals surface area contributed by atoms with Crippen LogP contribution < -0.4 is 0 Å². The SMILES string of the molecule is O=[N+]([O-])c1ccc(/C=N/c2c3c(nc4ccccc24)CCOC3)cc1. The Morgan fingerprint density at radius 2 is 1.96 bits per heavy atom. The minimum Gasteiger partial charge on any atom is -0.376 e. The molecule has 0 bridgehead atoms. The monoisotopic (exact) mass is 333 g/mol. The Morgan fingerprint density at radius 3 is 2.76 bits per heavy atom. The summed E-state index contributed by atoms with van der Waals surface area (Å²) in [5, 5.41) is 11.7. The number of aromatic nitrogens is 1. The summed E-state index contributed by atoms with van der Waals surface area (Å²) in [6.45, 7) is 1.17. The Morgan fingerprint density at radius 1 is 1.16 bits per heavy atom. The van der Waals surface area contributed by atoms with Gasteiger partial charge in [-0.1, -0.05) is 18.2 Å². The van der Waals surface area contributed by atoms with E-state index in [4.69, 9.17) is 9.72 Å². The van der Waals surface area contributed by atoms with Crippen LogP contribution in [-0.4, -0.2) is 22.7 Å². The first-order valence-corrected chi connectivity index (χ1v) is 7.99. The van der Waals surface area contributed by atoms with Crippen LogP contribution in [0.1, 0.15) is 16.8 Å². The normalized spacial score (nSPS) is 13.9. The molecule has 0 saturated heterocycles. The molecule has 124 valence electrons. The van der Waals surface area contributed by atoms with Gasteiger partial charge in [0.05, 0.1) is 35.0 Å². The molecule has 4 rings (SSSR count). The maximum atomic E-state index is 10.7. The molecule has 2 aromatic carbocycles. The molecule has 6 nitrogen and oxygen atoms in total. The van der Waals surface area contributed by atoms with E-state index in [-0.39, 0.29) is 5.69 Å². The highest BCUT2D eigenvalue weighted by molar-refractivity contribution is 5.95. The number of fused-ring (bicyclic) bond motifs is 2. The Labute approximate surface area is 144 Å². The van der Waals surface area contributed by atoms with Gasteiger partial charge in [0.2, 0.25) is 0 Å². The van der Waals surface area contributed by atoms with Crippen LogP contribution in [0.4, 0.5) is 11.4 Å². The number of hydrogen-bond donors (Lipinski definition) is 0. The van der Waals surface area contributed by atoms with Crippen molar-refractivity contribution in [3.63, 3.8) is 0 Å². The molecule has 0 radical (unpaired) electrons. The second-order valence-electron chi connectivity index (χ2n) is 5.81. The Bertz CT molecular complexity index is 981. The molecule has 0 unspecified atom stereocenters. The number of para-hydroxylation sites is 1. The van der Waals surface area contributed by atoms with Crippen molar-refractivity contribution in [1.29, 1.82) is 0 Å². The van der Waals surface area contributed by atoms with Gasteiger partial charge in [-0.2, -0.15) is 0 Å². The number of pyridine rings is 1. The lowest BCUT2D eigenvalue weighted by molar-refractivity contribution is -0.384. The molecule has 0 saturated carbocycles. The number of benzene rings is 2. The van der Waals surface area contributed by atoms with Crippen molar-refractivity contribution < 1.29 is 9.66 Å². The van der Waals surface area contributed by atoms with E-state index in [1.807, 2.05) is 24.3 Å². The van der Waals surface area contributed by atoms with Gasteiger partial charge in [-0.25, -0.2) is 0 Å². The predicted molar refractivity (Wildman–Crippen MR) is 95.5 cm³/mol. The van der Waals surface area contributed by atoms with Crippen molar-refractivity contribution in [3.05, 3.63) is 75.5 Å². The number of hydrogen-bond acceptors (Lipinski definition) is 5. The van der Waals surface area contributed by atoms with Crippen molar-refractivity contribution in [2.24, 2.45) is 4.99 Å². The molecule has 0 fully saturated rings. The van der Waals surface area contributed by atoms with Crippen LogP contribution in [0.5, 0.6) is 0 Å². The first kappa shape index (κ1) is 15.4. The van der Waals surface area contributed by atoms with Gasteiger partial charge >= 0.3 is 0 Å². The fraction of sp³-hybridized carbons (Fsp3) is 0.158. The average Bonchev–Trinajstić information content (AvgIpc) is 2.65. The topological polar surface area (TPSA) is 77.6 Å². The van der Waals surface area contributed by atoms with E-state index in [0.29, 0.717) is 13.2 Å². The number of nitro benzene ring substituents is 1. The lowest BCUT2D eigenvalue weighted by Crippen LogP contribution is -2.12. The zero-order valence-electron chi connectivity index (χ0n) is 13.4. The lowest BCUT2D eigenvalue weighted by Gasteiger charge is -2.19. The molecule has 0 N–H and O–H groups in total. The Kier molecular flexibility index (Phi) is 3.95. The highest BCUT2D eigenvalue weighted by atomic mass is 16.6. The molecule has 2 heterocycles. The third-order valence-electron chi connectivity index (χ3n) is 4.23. The second kappa shape index (κ2) is 6.41. The summed E-state index contributed by atoms with van der Waals surface area (Å²) in [5.74, 6) is 0. The molecule has 0 atom stereocenters. The zero-order chi connectivity index (χ0) is 17.2. The van der Waals surface area contributed by atoms with Crippen molar-refractivity contribution in [3.8, 4) is 0 Å². The third kappa shape index (κ3) is 2.99. The molecule has 1 aliphatic heterocycles. The summed E-state index contributed by atoms with van der Waals surface area (Å²) in [6.07, 6.45) is 2.50. The average molecular weight is 333 g/mol. The van der Waals surface area contributed by atoms with Crippen LogP contribution in [0.2, 0.25) is 0 Å². The van der Waals surface area contributed by atoms with Crippen LogP contribution >= 0.6 is 0 Å². The minimum absolute atomic E-state index is 0.0669. The van der Waals surface area contributed by atoms with E-state index < -0.39 is 4.92 Å². The summed E-state index contributed by atoms with van der Waals surface area (Å²) in [7, 11) is 0. The van der Waals surface area contributed by atoms with Gasteiger partial charge < -0.3 is 4.74 Å². The standard InChI is InChI=1S/C19H15N3O3/c23-22(24)14-7-5-13(6-8-14)11-20-19-15-3-1-2-4-17(15)21-18-9-10-25-12-16(18)19/h1-8,11H,9-10,12H2/b20-11+. The van der Waals surface area contributed by atoms with E-state index >= 15 is 0 Å². The molecular weight excluding hydrogens is 318 g/mol. The highest BCUT2D eigenvalue weighted by Crippen LogP contribution is 2.33. The third-order valence-corrected chi connectivity index (χ3v) is 4.23. The number of aliphatic imine (C=N–C) groups is 1. The van der Waals surface area contributed by atoms with Gasteiger partial charge in [0.1, 0.15) is 0 Å². The van der Waals surface area contributed by atoms with Crippen LogP contribution in [0.25, 0.3) is 10.9 Å². The number of nitrogens with zero attached hydrogens (tertiary/aromatic N) is 3. The molecule has 1 aliphatic rings. The number of rotatable bonds is 3. The van der Waals surface area contributed by atoms with Gasteiger partial charge in [0, 0.05) is 35.7 Å². The van der Waals surface area contributed by atoms with E-state index in [0.717, 1.165) is 39.8 Å². The molecular formula is C19H15N3O3. The van der Waals surface area contributed by atoms with E-state index in [2.05, 4.69) is 4.99 Å². The van der Waals surface area contributed by atoms with Gasteiger partial charge in [-0.15, -0.1) is 0 Å².